The number of nitrogens with one attached hydrogen (secondary N) is 2. The Labute approximate surface area is 178 Å². The summed E-state index contributed by atoms with van der Waals surface area (Å²) in [7, 11) is -2.51. The lowest BCUT2D eigenvalue weighted by atomic mass is 10.2. The molecule has 0 bridgehead atoms. The SMILES string of the molecule is COc1cccc(CNS(=O)(=O)c2ccccc2C(=O)NCc2cc(F)cc(F)c2)c1. The molecule has 0 aromatic heterocycles. The van der Waals surface area contributed by atoms with Crippen molar-refractivity contribution in [3.8, 4) is 5.75 Å². The average Bonchev–Trinajstić information content (AvgIpc) is 2.75. The predicted octanol–water partition coefficient (Wildman–Crippen LogP) is 3.38. The number of hydrogen-bond acceptors (Lipinski definition) is 4. The zero-order valence-corrected chi connectivity index (χ0v) is 17.4. The van der Waals surface area contributed by atoms with Gasteiger partial charge in [-0.25, -0.2) is 21.9 Å². The minimum Gasteiger partial charge on any atom is -0.497 e. The van der Waals surface area contributed by atoms with Crippen LogP contribution >= 0.6 is 0 Å². The molecule has 0 saturated heterocycles. The topological polar surface area (TPSA) is 84.5 Å². The number of carbonyl (C=O) groups is 1. The maximum Gasteiger partial charge on any atom is 0.252 e. The van der Waals surface area contributed by atoms with Crippen LogP contribution in [0.1, 0.15) is 21.5 Å². The standard InChI is InChI=1S/C22H20F2N2O4S/c1-30-19-6-4-5-15(11-19)14-26-31(28,29)21-8-3-2-7-20(21)22(27)25-13-16-9-17(23)12-18(24)10-16/h2-12,26H,13-14H2,1H3,(H,25,27). The molecular weight excluding hydrogens is 426 g/mol. The Bertz CT molecular complexity index is 1180. The maximum atomic E-state index is 13.3. The number of carbonyl (C=O) groups excluding carboxylic acids is 1. The van der Waals surface area contributed by atoms with Gasteiger partial charge in [0, 0.05) is 19.2 Å². The zero-order valence-electron chi connectivity index (χ0n) is 16.6. The first-order valence-corrected chi connectivity index (χ1v) is 10.7. The van der Waals surface area contributed by atoms with Crippen molar-refractivity contribution < 1.29 is 26.7 Å². The number of sulfonamides is 1. The molecule has 162 valence electrons. The molecule has 0 aliphatic carbocycles. The number of methoxy groups -OCH3 is 1. The number of benzene rings is 3. The second kappa shape index (κ2) is 9.67. The first-order valence-electron chi connectivity index (χ1n) is 9.23. The van der Waals surface area contributed by atoms with Crippen LogP contribution in [0.4, 0.5) is 8.78 Å². The van der Waals surface area contributed by atoms with Crippen molar-refractivity contribution in [2.24, 2.45) is 0 Å². The van der Waals surface area contributed by atoms with Crippen molar-refractivity contribution in [1.82, 2.24) is 10.0 Å². The molecule has 3 aromatic carbocycles. The molecule has 0 fully saturated rings. The Morgan fingerprint density at radius 1 is 0.903 bits per heavy atom. The zero-order chi connectivity index (χ0) is 22.4. The number of halogens is 2. The Morgan fingerprint density at radius 3 is 2.32 bits per heavy atom. The summed E-state index contributed by atoms with van der Waals surface area (Å²) in [6.07, 6.45) is 0. The molecule has 0 spiro atoms. The normalized spacial score (nSPS) is 11.2. The van der Waals surface area contributed by atoms with Crippen molar-refractivity contribution in [3.05, 3.63) is 95.1 Å². The number of rotatable bonds is 8. The van der Waals surface area contributed by atoms with Gasteiger partial charge in [-0.15, -0.1) is 0 Å². The highest BCUT2D eigenvalue weighted by Crippen LogP contribution is 2.18. The number of amides is 1. The van der Waals surface area contributed by atoms with Gasteiger partial charge in [0.05, 0.1) is 17.6 Å². The van der Waals surface area contributed by atoms with E-state index in [2.05, 4.69) is 10.0 Å². The van der Waals surface area contributed by atoms with Gasteiger partial charge in [-0.05, 0) is 47.5 Å². The van der Waals surface area contributed by atoms with Gasteiger partial charge in [0.1, 0.15) is 17.4 Å². The summed E-state index contributed by atoms with van der Waals surface area (Å²) < 4.78 is 59.9. The van der Waals surface area contributed by atoms with Gasteiger partial charge in [0.2, 0.25) is 10.0 Å². The molecule has 0 aliphatic rings. The van der Waals surface area contributed by atoms with E-state index in [1.165, 1.54) is 31.4 Å². The summed E-state index contributed by atoms with van der Waals surface area (Å²) in [5, 5.41) is 2.49. The van der Waals surface area contributed by atoms with Crippen molar-refractivity contribution in [2.45, 2.75) is 18.0 Å². The predicted molar refractivity (Wildman–Crippen MR) is 111 cm³/mol. The van der Waals surface area contributed by atoms with Crippen molar-refractivity contribution in [1.29, 1.82) is 0 Å². The largest absolute Gasteiger partial charge is 0.497 e. The molecule has 3 rings (SSSR count). The van der Waals surface area contributed by atoms with E-state index < -0.39 is 27.6 Å². The van der Waals surface area contributed by atoms with E-state index in [9.17, 15) is 22.0 Å². The Hall–Kier alpha value is -3.30. The molecule has 0 atom stereocenters. The van der Waals surface area contributed by atoms with Crippen LogP contribution in [0, 0.1) is 11.6 Å². The third-order valence-corrected chi connectivity index (χ3v) is 5.86. The van der Waals surface area contributed by atoms with Gasteiger partial charge in [-0.3, -0.25) is 4.79 Å². The Kier molecular flexibility index (Phi) is 6.98. The van der Waals surface area contributed by atoms with Crippen LogP contribution in [0.2, 0.25) is 0 Å². The molecule has 31 heavy (non-hydrogen) atoms. The van der Waals surface area contributed by atoms with E-state index in [1.807, 2.05) is 0 Å². The van der Waals surface area contributed by atoms with E-state index in [0.29, 0.717) is 11.3 Å². The van der Waals surface area contributed by atoms with Crippen molar-refractivity contribution in [3.63, 3.8) is 0 Å². The molecule has 0 radical (unpaired) electrons. The first kappa shape index (κ1) is 22.4. The quantitative estimate of drug-likeness (QED) is 0.556. The lowest BCUT2D eigenvalue weighted by Crippen LogP contribution is -2.29. The van der Waals surface area contributed by atoms with Gasteiger partial charge < -0.3 is 10.1 Å². The summed E-state index contributed by atoms with van der Waals surface area (Å²) in [4.78, 5) is 12.4. The third-order valence-electron chi connectivity index (χ3n) is 4.40. The van der Waals surface area contributed by atoms with Crippen LogP contribution in [-0.2, 0) is 23.1 Å². The fraction of sp³-hybridized carbons (Fsp3) is 0.136. The number of hydrogen-bond donors (Lipinski definition) is 2. The summed E-state index contributed by atoms with van der Waals surface area (Å²) in [6, 6.07) is 15.5. The highest BCUT2D eigenvalue weighted by atomic mass is 32.2. The fourth-order valence-electron chi connectivity index (χ4n) is 2.92. The average molecular weight is 446 g/mol. The maximum absolute atomic E-state index is 13.3. The molecule has 0 unspecified atom stereocenters. The van der Waals surface area contributed by atoms with Gasteiger partial charge in [-0.1, -0.05) is 24.3 Å². The van der Waals surface area contributed by atoms with Crippen LogP contribution in [0.3, 0.4) is 0 Å². The molecule has 0 saturated carbocycles. The fourth-order valence-corrected chi connectivity index (χ4v) is 4.14. The van der Waals surface area contributed by atoms with Crippen molar-refractivity contribution >= 4 is 15.9 Å². The van der Waals surface area contributed by atoms with Crippen molar-refractivity contribution in [2.75, 3.05) is 7.11 Å². The van der Waals surface area contributed by atoms with Crippen LogP contribution in [0.25, 0.3) is 0 Å². The van der Waals surface area contributed by atoms with E-state index >= 15 is 0 Å². The highest BCUT2D eigenvalue weighted by molar-refractivity contribution is 7.89. The van der Waals surface area contributed by atoms with Gasteiger partial charge in [0.15, 0.2) is 0 Å². The summed E-state index contributed by atoms with van der Waals surface area (Å²) in [6.45, 7) is -0.169. The molecule has 1 amide bonds. The summed E-state index contributed by atoms with van der Waals surface area (Å²) in [5.41, 5.74) is 0.804. The number of ether oxygens (including phenoxy) is 1. The van der Waals surface area contributed by atoms with E-state index in [1.54, 1.807) is 24.3 Å². The first-order chi connectivity index (χ1) is 14.8. The van der Waals surface area contributed by atoms with Crippen LogP contribution in [0.5, 0.6) is 5.75 Å². The minimum atomic E-state index is -4.02. The summed E-state index contributed by atoms with van der Waals surface area (Å²) >= 11 is 0. The molecule has 3 aromatic rings. The lowest BCUT2D eigenvalue weighted by Gasteiger charge is -2.12. The van der Waals surface area contributed by atoms with Crippen LogP contribution in [-0.4, -0.2) is 21.4 Å². The molecule has 0 heterocycles. The van der Waals surface area contributed by atoms with E-state index in [4.69, 9.17) is 4.74 Å². The molecular formula is C22H20F2N2O4S. The Morgan fingerprint density at radius 2 is 1.61 bits per heavy atom. The second-order valence-electron chi connectivity index (χ2n) is 6.63. The second-order valence-corrected chi connectivity index (χ2v) is 8.37. The van der Waals surface area contributed by atoms with Crippen LogP contribution < -0.4 is 14.8 Å². The smallest absolute Gasteiger partial charge is 0.252 e. The minimum absolute atomic E-state index is 0.00193. The highest BCUT2D eigenvalue weighted by Gasteiger charge is 2.22. The van der Waals surface area contributed by atoms with Crippen LogP contribution in [0.15, 0.2) is 71.6 Å². The van der Waals surface area contributed by atoms with Gasteiger partial charge in [-0.2, -0.15) is 0 Å². The molecule has 0 aliphatic heterocycles. The molecule has 6 nitrogen and oxygen atoms in total. The van der Waals surface area contributed by atoms with E-state index in [-0.39, 0.29) is 29.1 Å². The van der Waals surface area contributed by atoms with Gasteiger partial charge >= 0.3 is 0 Å². The summed E-state index contributed by atoms with van der Waals surface area (Å²) in [5.74, 6) is -1.64. The lowest BCUT2D eigenvalue weighted by molar-refractivity contribution is 0.0947. The monoisotopic (exact) mass is 446 g/mol. The molecule has 9 heteroatoms. The third kappa shape index (κ3) is 5.87. The Balaban J connectivity index is 1.75. The molecule has 2 N–H and O–H groups in total. The van der Waals surface area contributed by atoms with Gasteiger partial charge in [0.25, 0.3) is 5.91 Å². The van der Waals surface area contributed by atoms with E-state index in [0.717, 1.165) is 18.2 Å².